The molecule has 136 valence electrons. The normalized spacial score (nSPS) is 51.1. The van der Waals surface area contributed by atoms with Crippen molar-refractivity contribution in [1.29, 1.82) is 0 Å². The zero-order chi connectivity index (χ0) is 17.4. The van der Waals surface area contributed by atoms with Gasteiger partial charge in [0.1, 0.15) is 37.1 Å². The van der Waals surface area contributed by atoms with Crippen LogP contribution in [-0.4, -0.2) is 109 Å². The summed E-state index contributed by atoms with van der Waals surface area (Å²) in [6.45, 7) is -1.98. The Hall–Kier alpha value is -0.400. The van der Waals surface area contributed by atoms with Gasteiger partial charge in [0.2, 0.25) is 5.79 Å². The monoisotopic (exact) mass is 340 g/mol. The predicted octanol–water partition coefficient (Wildman–Crippen LogP) is -4.73. The molecule has 10 nitrogen and oxygen atoms in total. The fraction of sp³-hybridized carbons (Fsp3) is 1.00. The predicted molar refractivity (Wildman–Crippen MR) is 71.9 cm³/mol. The number of aliphatic hydroxyl groups is 8. The van der Waals surface area contributed by atoms with E-state index in [2.05, 4.69) is 0 Å². The van der Waals surface area contributed by atoms with E-state index in [0.717, 1.165) is 0 Å². The molecule has 0 amide bonds. The second kappa shape index (κ2) is 7.23. The van der Waals surface area contributed by atoms with Crippen LogP contribution in [-0.2, 0) is 9.47 Å². The molecule has 1 aliphatic heterocycles. The zero-order valence-corrected chi connectivity index (χ0v) is 12.3. The fourth-order valence-corrected chi connectivity index (χ4v) is 3.10. The topological polar surface area (TPSA) is 180 Å². The van der Waals surface area contributed by atoms with Gasteiger partial charge in [0.05, 0.1) is 18.8 Å². The second-order valence-electron chi connectivity index (χ2n) is 6.05. The Morgan fingerprint density at radius 1 is 0.870 bits per heavy atom. The van der Waals surface area contributed by atoms with Crippen LogP contribution in [0.1, 0.15) is 6.42 Å². The molecule has 0 aromatic rings. The summed E-state index contributed by atoms with van der Waals surface area (Å²) in [4.78, 5) is 0. The summed E-state index contributed by atoms with van der Waals surface area (Å²) in [5.74, 6) is -2.88. The van der Waals surface area contributed by atoms with Crippen LogP contribution in [0.25, 0.3) is 0 Å². The van der Waals surface area contributed by atoms with Gasteiger partial charge in [0.15, 0.2) is 0 Å². The Balaban J connectivity index is 2.18. The van der Waals surface area contributed by atoms with Gasteiger partial charge in [0.25, 0.3) is 0 Å². The molecule has 0 spiro atoms. The van der Waals surface area contributed by atoms with Crippen molar-refractivity contribution in [2.24, 2.45) is 5.92 Å². The Morgan fingerprint density at radius 3 is 2.00 bits per heavy atom. The van der Waals surface area contributed by atoms with Crippen molar-refractivity contribution in [3.63, 3.8) is 0 Å². The molecule has 9 atom stereocenters. The van der Waals surface area contributed by atoms with Gasteiger partial charge in [-0.2, -0.15) is 0 Å². The lowest BCUT2D eigenvalue weighted by Gasteiger charge is -2.43. The summed E-state index contributed by atoms with van der Waals surface area (Å²) in [5.41, 5.74) is 0. The van der Waals surface area contributed by atoms with Crippen molar-refractivity contribution < 1.29 is 50.3 Å². The lowest BCUT2D eigenvalue weighted by atomic mass is 9.81. The van der Waals surface area contributed by atoms with Crippen LogP contribution in [0.3, 0.4) is 0 Å². The largest absolute Gasteiger partial charge is 0.396 e. The number of rotatable bonds is 5. The average Bonchev–Trinajstić information content (AvgIpc) is 2.80. The van der Waals surface area contributed by atoms with Crippen molar-refractivity contribution >= 4 is 0 Å². The first-order chi connectivity index (χ1) is 10.8. The van der Waals surface area contributed by atoms with Crippen LogP contribution >= 0.6 is 0 Å². The number of hydrogen-bond donors (Lipinski definition) is 8. The minimum absolute atomic E-state index is 0.0758. The molecule has 1 saturated carbocycles. The minimum Gasteiger partial charge on any atom is -0.396 e. The first kappa shape index (κ1) is 18.9. The molecule has 10 heteroatoms. The second-order valence-corrected chi connectivity index (χ2v) is 6.05. The first-order valence-electron chi connectivity index (χ1n) is 7.39. The molecule has 0 aromatic carbocycles. The van der Waals surface area contributed by atoms with Crippen molar-refractivity contribution in [1.82, 2.24) is 0 Å². The number of aliphatic hydroxyl groups excluding tert-OH is 8. The van der Waals surface area contributed by atoms with Gasteiger partial charge in [-0.05, 0) is 6.42 Å². The van der Waals surface area contributed by atoms with Crippen molar-refractivity contribution in [3.8, 4) is 0 Å². The quantitative estimate of drug-likeness (QED) is 0.242. The van der Waals surface area contributed by atoms with Crippen LogP contribution in [0.5, 0.6) is 0 Å². The van der Waals surface area contributed by atoms with Gasteiger partial charge < -0.3 is 50.3 Å². The highest BCUT2D eigenvalue weighted by molar-refractivity contribution is 5.00. The highest BCUT2D eigenvalue weighted by Gasteiger charge is 2.57. The van der Waals surface area contributed by atoms with E-state index in [-0.39, 0.29) is 6.42 Å². The van der Waals surface area contributed by atoms with Crippen LogP contribution in [0.15, 0.2) is 0 Å². The molecule has 1 heterocycles. The lowest BCUT2D eigenvalue weighted by Crippen LogP contribution is -2.59. The summed E-state index contributed by atoms with van der Waals surface area (Å²) < 4.78 is 10.7. The van der Waals surface area contributed by atoms with Crippen LogP contribution in [0, 0.1) is 5.92 Å². The third kappa shape index (κ3) is 3.24. The number of hydrogen-bond acceptors (Lipinski definition) is 10. The molecular weight excluding hydrogens is 316 g/mol. The molecule has 0 bridgehead atoms. The minimum atomic E-state index is -2.10. The van der Waals surface area contributed by atoms with E-state index in [1.807, 2.05) is 0 Å². The molecule has 1 aliphatic carbocycles. The Morgan fingerprint density at radius 2 is 1.52 bits per heavy atom. The third-order valence-electron chi connectivity index (χ3n) is 4.59. The zero-order valence-electron chi connectivity index (χ0n) is 12.3. The number of ether oxygens (including phenoxy) is 2. The van der Waals surface area contributed by atoms with Crippen LogP contribution in [0.2, 0.25) is 0 Å². The summed E-state index contributed by atoms with van der Waals surface area (Å²) >= 11 is 0. The third-order valence-corrected chi connectivity index (χ3v) is 4.59. The molecule has 2 aliphatic rings. The molecule has 23 heavy (non-hydrogen) atoms. The maximum Gasteiger partial charge on any atom is 0.221 e. The Kier molecular flexibility index (Phi) is 5.95. The van der Waals surface area contributed by atoms with E-state index < -0.39 is 74.3 Å². The standard InChI is InChI=1S/C13H24O10/c14-2-5-1-6(9(18)11(20)8(5)17)22-13(4-16)12(21)10(19)7(3-15)23-13/h5-12,14-21H,1-4H2/t5-,6+,7-,8-,9+,10-,11+,12+,13-/m1/s1. The van der Waals surface area contributed by atoms with Crippen LogP contribution < -0.4 is 0 Å². The highest BCUT2D eigenvalue weighted by Crippen LogP contribution is 2.37. The summed E-state index contributed by atoms with van der Waals surface area (Å²) in [5, 5.41) is 77.3. The SMILES string of the molecule is OC[C@H]1C[C@H](O[C@]2(CO)O[C@H](CO)[C@@H](O)[C@@H]2O)[C@H](O)[C@@H](O)[C@@H]1O. The molecule has 8 N–H and O–H groups in total. The van der Waals surface area contributed by atoms with Gasteiger partial charge in [-0.1, -0.05) is 0 Å². The summed E-state index contributed by atoms with van der Waals surface area (Å²) in [7, 11) is 0. The summed E-state index contributed by atoms with van der Waals surface area (Å²) in [6.07, 6.45) is -10.2. The van der Waals surface area contributed by atoms with Gasteiger partial charge in [-0.25, -0.2) is 0 Å². The Labute approximate surface area is 132 Å². The molecule has 1 saturated heterocycles. The molecule has 2 rings (SSSR count). The molecule has 0 aromatic heterocycles. The molecular formula is C13H24O10. The maximum atomic E-state index is 10.1. The summed E-state index contributed by atoms with van der Waals surface area (Å²) in [6, 6.07) is 0. The van der Waals surface area contributed by atoms with Crippen molar-refractivity contribution in [3.05, 3.63) is 0 Å². The molecule has 2 fully saturated rings. The lowest BCUT2D eigenvalue weighted by molar-refractivity contribution is -0.319. The molecule has 0 radical (unpaired) electrons. The van der Waals surface area contributed by atoms with Crippen molar-refractivity contribution in [2.45, 2.75) is 54.9 Å². The molecule has 0 unspecified atom stereocenters. The van der Waals surface area contributed by atoms with E-state index in [1.165, 1.54) is 0 Å². The Bertz CT molecular complexity index is 393. The van der Waals surface area contributed by atoms with Gasteiger partial charge >= 0.3 is 0 Å². The van der Waals surface area contributed by atoms with Gasteiger partial charge in [-0.15, -0.1) is 0 Å². The average molecular weight is 340 g/mol. The van der Waals surface area contributed by atoms with E-state index in [9.17, 15) is 35.7 Å². The smallest absolute Gasteiger partial charge is 0.221 e. The highest BCUT2D eigenvalue weighted by atomic mass is 16.7. The fourth-order valence-electron chi connectivity index (χ4n) is 3.10. The van der Waals surface area contributed by atoms with E-state index >= 15 is 0 Å². The van der Waals surface area contributed by atoms with E-state index in [0.29, 0.717) is 0 Å². The van der Waals surface area contributed by atoms with Gasteiger partial charge in [-0.3, -0.25) is 0 Å². The van der Waals surface area contributed by atoms with E-state index in [4.69, 9.17) is 14.6 Å². The first-order valence-corrected chi connectivity index (χ1v) is 7.39. The van der Waals surface area contributed by atoms with Crippen molar-refractivity contribution in [2.75, 3.05) is 19.8 Å². The van der Waals surface area contributed by atoms with Crippen LogP contribution in [0.4, 0.5) is 0 Å². The maximum absolute atomic E-state index is 10.1. The van der Waals surface area contributed by atoms with Gasteiger partial charge in [0, 0.05) is 12.5 Å². The van der Waals surface area contributed by atoms with E-state index in [1.54, 1.807) is 0 Å².